The molecule has 2 aliphatic heterocycles. The number of carbonyl (C=O) groups is 3. The Bertz CT molecular complexity index is 509. The van der Waals surface area contributed by atoms with Gasteiger partial charge in [-0.25, -0.2) is 0 Å². The van der Waals surface area contributed by atoms with Crippen molar-refractivity contribution >= 4 is 17.7 Å². The van der Waals surface area contributed by atoms with Gasteiger partial charge in [0, 0.05) is 56.6 Å². The van der Waals surface area contributed by atoms with E-state index in [-0.39, 0.29) is 41.6 Å². The SMILES string of the molecule is CC(C)C(=O)NC1CCN(C(=O)CCC(C)C(=O)NC2CCOCC2)CC1. The van der Waals surface area contributed by atoms with Gasteiger partial charge in [0.05, 0.1) is 0 Å². The molecule has 2 fully saturated rings. The van der Waals surface area contributed by atoms with Gasteiger partial charge in [-0.05, 0) is 32.1 Å². The molecule has 7 nitrogen and oxygen atoms in total. The molecule has 2 saturated heterocycles. The molecule has 1 atom stereocenters. The molecule has 154 valence electrons. The predicted octanol–water partition coefficient (Wildman–Crippen LogP) is 1.46. The Kier molecular flexibility index (Phi) is 8.54. The second-order valence-electron chi connectivity index (χ2n) is 8.15. The number of hydrogen-bond donors (Lipinski definition) is 2. The number of amides is 3. The Balaban J connectivity index is 1.65. The van der Waals surface area contributed by atoms with E-state index >= 15 is 0 Å². The minimum atomic E-state index is -0.167. The molecular formula is C20H35N3O4. The summed E-state index contributed by atoms with van der Waals surface area (Å²) in [7, 11) is 0. The van der Waals surface area contributed by atoms with E-state index in [1.165, 1.54) is 0 Å². The maximum Gasteiger partial charge on any atom is 0.223 e. The van der Waals surface area contributed by atoms with Crippen LogP contribution in [-0.4, -0.2) is 61.0 Å². The van der Waals surface area contributed by atoms with Crippen molar-refractivity contribution in [1.82, 2.24) is 15.5 Å². The van der Waals surface area contributed by atoms with Crippen LogP contribution in [0.1, 0.15) is 59.3 Å². The summed E-state index contributed by atoms with van der Waals surface area (Å²) in [5.74, 6) is 0.0291. The van der Waals surface area contributed by atoms with Gasteiger partial charge in [0.2, 0.25) is 17.7 Å². The van der Waals surface area contributed by atoms with Crippen LogP contribution in [0.25, 0.3) is 0 Å². The molecular weight excluding hydrogens is 346 g/mol. The van der Waals surface area contributed by atoms with Gasteiger partial charge in [-0.3, -0.25) is 14.4 Å². The average molecular weight is 382 g/mol. The summed E-state index contributed by atoms with van der Waals surface area (Å²) in [5.41, 5.74) is 0. The highest BCUT2D eigenvalue weighted by atomic mass is 16.5. The first-order valence-corrected chi connectivity index (χ1v) is 10.3. The zero-order valence-electron chi connectivity index (χ0n) is 17.0. The van der Waals surface area contributed by atoms with Crippen molar-refractivity contribution < 1.29 is 19.1 Å². The fourth-order valence-electron chi connectivity index (χ4n) is 3.46. The second-order valence-corrected chi connectivity index (χ2v) is 8.15. The molecule has 0 aromatic carbocycles. The maximum absolute atomic E-state index is 12.4. The lowest BCUT2D eigenvalue weighted by atomic mass is 10.0. The summed E-state index contributed by atoms with van der Waals surface area (Å²) in [6.45, 7) is 8.39. The fraction of sp³-hybridized carbons (Fsp3) is 0.850. The molecule has 0 aromatic heterocycles. The highest BCUT2D eigenvalue weighted by molar-refractivity contribution is 5.81. The van der Waals surface area contributed by atoms with Crippen LogP contribution in [0.5, 0.6) is 0 Å². The van der Waals surface area contributed by atoms with Crippen molar-refractivity contribution in [2.45, 2.75) is 71.4 Å². The van der Waals surface area contributed by atoms with Crippen molar-refractivity contribution in [3.8, 4) is 0 Å². The molecule has 2 heterocycles. The molecule has 27 heavy (non-hydrogen) atoms. The zero-order valence-corrected chi connectivity index (χ0v) is 17.0. The third-order valence-corrected chi connectivity index (χ3v) is 5.52. The van der Waals surface area contributed by atoms with E-state index in [0.29, 0.717) is 39.1 Å². The molecule has 0 bridgehead atoms. The van der Waals surface area contributed by atoms with Crippen molar-refractivity contribution in [2.24, 2.45) is 11.8 Å². The van der Waals surface area contributed by atoms with Crippen LogP contribution in [0, 0.1) is 11.8 Å². The molecule has 2 aliphatic rings. The number of piperidine rings is 1. The van der Waals surface area contributed by atoms with Gasteiger partial charge in [-0.2, -0.15) is 0 Å². The highest BCUT2D eigenvalue weighted by Crippen LogP contribution is 2.15. The van der Waals surface area contributed by atoms with E-state index in [0.717, 1.165) is 25.7 Å². The van der Waals surface area contributed by atoms with E-state index in [9.17, 15) is 14.4 Å². The van der Waals surface area contributed by atoms with Crippen LogP contribution in [0.2, 0.25) is 0 Å². The van der Waals surface area contributed by atoms with E-state index in [4.69, 9.17) is 4.74 Å². The van der Waals surface area contributed by atoms with Crippen LogP contribution in [-0.2, 0) is 19.1 Å². The van der Waals surface area contributed by atoms with E-state index < -0.39 is 0 Å². The number of rotatable bonds is 7. The molecule has 0 radical (unpaired) electrons. The number of nitrogens with zero attached hydrogens (tertiary/aromatic N) is 1. The van der Waals surface area contributed by atoms with Crippen LogP contribution >= 0.6 is 0 Å². The third kappa shape index (κ3) is 7.13. The van der Waals surface area contributed by atoms with E-state index in [1.54, 1.807) is 0 Å². The summed E-state index contributed by atoms with van der Waals surface area (Å²) in [6, 6.07) is 0.359. The van der Waals surface area contributed by atoms with Crippen molar-refractivity contribution in [3.63, 3.8) is 0 Å². The van der Waals surface area contributed by atoms with E-state index in [1.807, 2.05) is 25.7 Å². The van der Waals surface area contributed by atoms with Crippen LogP contribution in [0.4, 0.5) is 0 Å². The molecule has 0 aliphatic carbocycles. The summed E-state index contributed by atoms with van der Waals surface area (Å²) >= 11 is 0. The largest absolute Gasteiger partial charge is 0.381 e. The molecule has 2 rings (SSSR count). The molecule has 0 spiro atoms. The second kappa shape index (κ2) is 10.6. The lowest BCUT2D eigenvalue weighted by Gasteiger charge is -2.33. The number of carbonyl (C=O) groups excluding carboxylic acids is 3. The lowest BCUT2D eigenvalue weighted by Crippen LogP contribution is -2.47. The first kappa shape index (κ1) is 21.7. The molecule has 3 amide bonds. The maximum atomic E-state index is 12.4. The highest BCUT2D eigenvalue weighted by Gasteiger charge is 2.26. The first-order valence-electron chi connectivity index (χ1n) is 10.3. The van der Waals surface area contributed by atoms with Gasteiger partial charge in [0.15, 0.2) is 0 Å². The Morgan fingerprint density at radius 3 is 2.07 bits per heavy atom. The van der Waals surface area contributed by atoms with Crippen LogP contribution < -0.4 is 10.6 Å². The summed E-state index contributed by atoms with van der Waals surface area (Å²) < 4.78 is 5.30. The van der Waals surface area contributed by atoms with Crippen molar-refractivity contribution in [1.29, 1.82) is 0 Å². The van der Waals surface area contributed by atoms with Gasteiger partial charge < -0.3 is 20.3 Å². The topological polar surface area (TPSA) is 87.7 Å². The monoisotopic (exact) mass is 381 g/mol. The molecule has 1 unspecified atom stereocenters. The average Bonchev–Trinajstić information content (AvgIpc) is 2.67. The molecule has 7 heteroatoms. The number of likely N-dealkylation sites (tertiary alicyclic amines) is 1. The van der Waals surface area contributed by atoms with Crippen LogP contribution in [0.3, 0.4) is 0 Å². The molecule has 0 saturated carbocycles. The minimum Gasteiger partial charge on any atom is -0.381 e. The molecule has 2 N–H and O–H groups in total. The van der Waals surface area contributed by atoms with Gasteiger partial charge >= 0.3 is 0 Å². The van der Waals surface area contributed by atoms with Gasteiger partial charge in [0.1, 0.15) is 0 Å². The van der Waals surface area contributed by atoms with Crippen LogP contribution in [0.15, 0.2) is 0 Å². The van der Waals surface area contributed by atoms with Gasteiger partial charge in [-0.1, -0.05) is 20.8 Å². The Morgan fingerprint density at radius 2 is 1.48 bits per heavy atom. The smallest absolute Gasteiger partial charge is 0.223 e. The summed E-state index contributed by atoms with van der Waals surface area (Å²) in [5, 5.41) is 6.11. The minimum absolute atomic E-state index is 0.0153. The fourth-order valence-corrected chi connectivity index (χ4v) is 3.46. The van der Waals surface area contributed by atoms with Gasteiger partial charge in [-0.15, -0.1) is 0 Å². The lowest BCUT2D eigenvalue weighted by molar-refractivity contribution is -0.133. The van der Waals surface area contributed by atoms with Crippen molar-refractivity contribution in [2.75, 3.05) is 26.3 Å². The quantitative estimate of drug-likeness (QED) is 0.699. The predicted molar refractivity (Wildman–Crippen MR) is 103 cm³/mol. The Morgan fingerprint density at radius 1 is 0.926 bits per heavy atom. The molecule has 0 aromatic rings. The Hall–Kier alpha value is -1.63. The third-order valence-electron chi connectivity index (χ3n) is 5.52. The Labute approximate surface area is 162 Å². The van der Waals surface area contributed by atoms with Crippen molar-refractivity contribution in [3.05, 3.63) is 0 Å². The first-order chi connectivity index (χ1) is 12.9. The number of hydrogen-bond acceptors (Lipinski definition) is 4. The van der Waals surface area contributed by atoms with E-state index in [2.05, 4.69) is 10.6 Å². The zero-order chi connectivity index (χ0) is 19.8. The summed E-state index contributed by atoms with van der Waals surface area (Å²) in [6.07, 6.45) is 4.27. The standard InChI is InChI=1S/C20H35N3O4/c1-14(2)19(25)21-16-6-10-23(11-7-16)18(24)5-4-15(3)20(26)22-17-8-12-27-13-9-17/h14-17H,4-13H2,1-3H3,(H,21,25)(H,22,26). The van der Waals surface area contributed by atoms with Gasteiger partial charge in [0.25, 0.3) is 0 Å². The normalized spacial score (nSPS) is 20.4. The number of ether oxygens (including phenoxy) is 1. The summed E-state index contributed by atoms with van der Waals surface area (Å²) in [4.78, 5) is 38.4. The number of nitrogens with one attached hydrogen (secondary N) is 2.